The minimum absolute atomic E-state index is 0. The number of benzene rings is 2. The Morgan fingerprint density at radius 3 is 2.35 bits per heavy atom. The lowest BCUT2D eigenvalue weighted by atomic mass is 10.2. The number of pyridine rings is 1. The first-order valence-electron chi connectivity index (χ1n) is 10.1. The number of hydrogen-bond acceptors (Lipinski definition) is 3. The number of fused-ring (bicyclic) bond motifs is 1. The Balaban J connectivity index is 0.00000272. The second-order valence-corrected chi connectivity index (χ2v) is 7.22. The van der Waals surface area contributed by atoms with Crippen molar-refractivity contribution in [2.24, 2.45) is 0 Å². The smallest absolute Gasteiger partial charge is 0.147 e. The maximum atomic E-state index is 14.3. The molecule has 0 bridgehead atoms. The number of rotatable bonds is 7. The van der Waals surface area contributed by atoms with E-state index in [4.69, 9.17) is 9.47 Å². The van der Waals surface area contributed by atoms with Gasteiger partial charge in [0.15, 0.2) is 0 Å². The molecule has 162 valence electrons. The van der Waals surface area contributed by atoms with Gasteiger partial charge in [-0.3, -0.25) is 4.98 Å². The van der Waals surface area contributed by atoms with Crippen LogP contribution in [0.1, 0.15) is 29.3 Å². The molecule has 0 aliphatic rings. The minimum Gasteiger partial charge on any atom is -0.493 e. The lowest BCUT2D eigenvalue weighted by Crippen LogP contribution is -2.06. The third kappa shape index (κ3) is 4.52. The van der Waals surface area contributed by atoms with Crippen LogP contribution in [-0.4, -0.2) is 16.2 Å². The fraction of sp³-hybridized carbons (Fsp3) is 0.240. The lowest BCUT2D eigenvalue weighted by Gasteiger charge is -2.14. The molecule has 31 heavy (non-hydrogen) atoms. The monoisotopic (exact) mass is 440 g/mol. The molecule has 2 aromatic carbocycles. The second-order valence-electron chi connectivity index (χ2n) is 7.22. The van der Waals surface area contributed by atoms with Gasteiger partial charge >= 0.3 is 0 Å². The molecular weight excluding hydrogens is 415 g/mol. The van der Waals surface area contributed by atoms with Crippen molar-refractivity contribution < 1.29 is 13.9 Å². The van der Waals surface area contributed by atoms with E-state index in [0.717, 1.165) is 39.4 Å². The molecule has 0 radical (unpaired) electrons. The van der Waals surface area contributed by atoms with Crippen molar-refractivity contribution in [3.8, 4) is 11.5 Å². The van der Waals surface area contributed by atoms with Crippen LogP contribution in [0.2, 0.25) is 0 Å². The molecule has 0 saturated carbocycles. The molecule has 0 fully saturated rings. The van der Waals surface area contributed by atoms with Crippen LogP contribution in [0.5, 0.6) is 11.5 Å². The molecule has 0 unspecified atom stereocenters. The maximum Gasteiger partial charge on any atom is 0.147 e. The molecule has 4 aromatic rings. The van der Waals surface area contributed by atoms with Crippen LogP contribution in [0.25, 0.3) is 11.0 Å². The number of halogens is 2. The first-order chi connectivity index (χ1) is 14.6. The van der Waals surface area contributed by atoms with Gasteiger partial charge in [0, 0.05) is 29.1 Å². The van der Waals surface area contributed by atoms with Gasteiger partial charge in [0.2, 0.25) is 0 Å². The Hall–Kier alpha value is -3.05. The normalized spacial score (nSPS) is 10.7. The molecule has 6 heteroatoms. The van der Waals surface area contributed by atoms with E-state index in [1.165, 1.54) is 6.07 Å². The van der Waals surface area contributed by atoms with Crippen LogP contribution in [0, 0.1) is 19.7 Å². The standard InChI is InChI=1S/C25H25FN2O2.ClH/c1-4-29-22-12-8-6-10-20(22)16-30-23-13-14-27-24-17(2)18(3)28(25(23)24)15-19-9-5-7-11-21(19)26;/h5-14H,4,15-16H2,1-3H3;1H. The highest BCUT2D eigenvalue weighted by molar-refractivity contribution is 5.86. The Morgan fingerprint density at radius 2 is 1.61 bits per heavy atom. The first kappa shape index (κ1) is 22.6. The van der Waals surface area contributed by atoms with Gasteiger partial charge in [-0.1, -0.05) is 36.4 Å². The minimum atomic E-state index is -0.214. The van der Waals surface area contributed by atoms with Gasteiger partial charge in [-0.2, -0.15) is 0 Å². The Morgan fingerprint density at radius 1 is 0.903 bits per heavy atom. The quantitative estimate of drug-likeness (QED) is 0.341. The summed E-state index contributed by atoms with van der Waals surface area (Å²) >= 11 is 0. The Labute approximate surface area is 188 Å². The molecular formula is C25H26ClFN2O2. The third-order valence-corrected chi connectivity index (χ3v) is 5.40. The topological polar surface area (TPSA) is 36.3 Å². The highest BCUT2D eigenvalue weighted by Crippen LogP contribution is 2.32. The van der Waals surface area contributed by atoms with E-state index in [1.807, 2.05) is 63.2 Å². The molecule has 0 aliphatic carbocycles. The highest BCUT2D eigenvalue weighted by atomic mass is 35.5. The van der Waals surface area contributed by atoms with Gasteiger partial charge in [-0.05, 0) is 38.5 Å². The number of aryl methyl sites for hydroxylation is 1. The number of hydrogen-bond donors (Lipinski definition) is 0. The van der Waals surface area contributed by atoms with E-state index in [2.05, 4.69) is 9.55 Å². The summed E-state index contributed by atoms with van der Waals surface area (Å²) in [6.07, 6.45) is 1.76. The molecule has 2 aromatic heterocycles. The molecule has 0 atom stereocenters. The molecule has 0 spiro atoms. The van der Waals surface area contributed by atoms with Gasteiger partial charge in [-0.15, -0.1) is 12.4 Å². The predicted octanol–water partition coefficient (Wildman–Crippen LogP) is 6.24. The first-order valence-corrected chi connectivity index (χ1v) is 10.1. The summed E-state index contributed by atoms with van der Waals surface area (Å²) in [7, 11) is 0. The van der Waals surface area contributed by atoms with Crippen molar-refractivity contribution in [3.63, 3.8) is 0 Å². The SMILES string of the molecule is CCOc1ccccc1COc1ccnc2c(C)c(C)n(Cc3ccccc3F)c12.Cl. The molecule has 0 saturated heterocycles. The van der Waals surface area contributed by atoms with E-state index >= 15 is 0 Å². The van der Waals surface area contributed by atoms with Crippen molar-refractivity contribution in [2.45, 2.75) is 33.9 Å². The van der Waals surface area contributed by atoms with Gasteiger partial charge < -0.3 is 14.0 Å². The van der Waals surface area contributed by atoms with E-state index in [0.29, 0.717) is 25.3 Å². The highest BCUT2D eigenvalue weighted by Gasteiger charge is 2.18. The fourth-order valence-electron chi connectivity index (χ4n) is 3.70. The average molecular weight is 441 g/mol. The summed E-state index contributed by atoms with van der Waals surface area (Å²) in [5.74, 6) is 1.33. The van der Waals surface area contributed by atoms with Crippen molar-refractivity contribution >= 4 is 23.4 Å². The summed E-state index contributed by atoms with van der Waals surface area (Å²) in [6, 6.07) is 16.6. The second kappa shape index (κ2) is 9.84. The van der Waals surface area contributed by atoms with Gasteiger partial charge in [0.1, 0.15) is 29.4 Å². The van der Waals surface area contributed by atoms with Crippen LogP contribution in [0.3, 0.4) is 0 Å². The molecule has 0 amide bonds. The average Bonchev–Trinajstić information content (AvgIpc) is 3.00. The molecule has 4 nitrogen and oxygen atoms in total. The number of ether oxygens (including phenoxy) is 2. The summed E-state index contributed by atoms with van der Waals surface area (Å²) in [4.78, 5) is 4.57. The maximum absolute atomic E-state index is 14.3. The summed E-state index contributed by atoms with van der Waals surface area (Å²) < 4.78 is 28.4. The van der Waals surface area contributed by atoms with Gasteiger partial charge in [-0.25, -0.2) is 4.39 Å². The van der Waals surface area contributed by atoms with Crippen molar-refractivity contribution in [1.82, 2.24) is 9.55 Å². The van der Waals surface area contributed by atoms with Crippen LogP contribution in [0.15, 0.2) is 60.8 Å². The predicted molar refractivity (Wildman–Crippen MR) is 124 cm³/mol. The third-order valence-electron chi connectivity index (χ3n) is 5.40. The van der Waals surface area contributed by atoms with E-state index < -0.39 is 0 Å². The lowest BCUT2D eigenvalue weighted by molar-refractivity contribution is 0.288. The van der Waals surface area contributed by atoms with Crippen LogP contribution in [-0.2, 0) is 13.2 Å². The zero-order valence-corrected chi connectivity index (χ0v) is 18.7. The molecule has 0 N–H and O–H groups in total. The van der Waals surface area contributed by atoms with E-state index in [1.54, 1.807) is 12.3 Å². The van der Waals surface area contributed by atoms with E-state index in [-0.39, 0.29) is 18.2 Å². The van der Waals surface area contributed by atoms with Crippen LogP contribution >= 0.6 is 12.4 Å². The van der Waals surface area contributed by atoms with Gasteiger partial charge in [0.25, 0.3) is 0 Å². The van der Waals surface area contributed by atoms with Gasteiger partial charge in [0.05, 0.1) is 18.7 Å². The summed E-state index contributed by atoms with van der Waals surface area (Å²) in [5.41, 5.74) is 5.48. The largest absolute Gasteiger partial charge is 0.493 e. The van der Waals surface area contributed by atoms with Crippen LogP contribution in [0.4, 0.5) is 4.39 Å². The van der Waals surface area contributed by atoms with E-state index in [9.17, 15) is 4.39 Å². The van der Waals surface area contributed by atoms with Crippen molar-refractivity contribution in [2.75, 3.05) is 6.61 Å². The van der Waals surface area contributed by atoms with Crippen molar-refractivity contribution in [1.29, 1.82) is 0 Å². The van der Waals surface area contributed by atoms with Crippen LogP contribution < -0.4 is 9.47 Å². The Bertz CT molecular complexity index is 1190. The number of nitrogens with zero attached hydrogens (tertiary/aromatic N) is 2. The van der Waals surface area contributed by atoms with Crippen molar-refractivity contribution in [3.05, 3.63) is 89.0 Å². The number of aromatic nitrogens is 2. The fourth-order valence-corrected chi connectivity index (χ4v) is 3.70. The zero-order chi connectivity index (χ0) is 21.1. The molecule has 0 aliphatic heterocycles. The summed E-state index contributed by atoms with van der Waals surface area (Å²) in [5, 5.41) is 0. The molecule has 4 rings (SSSR count). The Kier molecular flexibility index (Phi) is 7.18. The molecule has 2 heterocycles. The zero-order valence-electron chi connectivity index (χ0n) is 17.9. The number of para-hydroxylation sites is 1. The summed E-state index contributed by atoms with van der Waals surface area (Å²) in [6.45, 7) is 7.42.